The van der Waals surface area contributed by atoms with E-state index in [-0.39, 0.29) is 0 Å². The summed E-state index contributed by atoms with van der Waals surface area (Å²) in [5.74, 6) is 0. The highest BCUT2D eigenvalue weighted by atomic mass is 15.2. The van der Waals surface area contributed by atoms with E-state index in [1.54, 1.807) is 49.6 Å². The number of H-pyrrole nitrogens is 9. The summed E-state index contributed by atoms with van der Waals surface area (Å²) in [5.41, 5.74) is 19.8. The standard InChI is InChI=1S/3C8H8N2.4C7H7N3.2C6H6N4/c1-6-7-2-4-10-8(7)3-5-9-6;1-6-4-9-5-8-7(6)2-3-10-8;1-6-7-4-2-3-5-8(7)10-9-6;1-5-6-4-8-3-2-7(6)10-9-5;1-5-6-2-3-8-4-7(6)10-9-5;1-5-7-6(10-9-5)3-2-4-8-7;1-5-6-3-2-4-8-7(6)10-9-5;1-4-5-2-7-3-8-6(5)10-9-4;1-4-5-6(10-9-4)8-3-2-7-5/h2*2-5,10H,1H3;2-5H,1H3,(H,9,10);3*2-4H,1H3,(H,9,10);2-4H,1H3,(H,8,9,10);2-3H,1H3,(H,7,8,9,10);2-3H,1H3,(H,8,9,10). The van der Waals surface area contributed by atoms with Crippen LogP contribution in [0.2, 0.25) is 0 Å². The fraction of sp³-hybridized carbons (Fsp3) is 0.141. The first-order chi connectivity index (χ1) is 43.9. The lowest BCUT2D eigenvalue weighted by atomic mass is 10.2. The van der Waals surface area contributed by atoms with Crippen molar-refractivity contribution in [2.45, 2.75) is 62.3 Å². The zero-order valence-corrected chi connectivity index (χ0v) is 50.8. The van der Waals surface area contributed by atoms with Gasteiger partial charge in [0.2, 0.25) is 0 Å². The second-order valence-corrected chi connectivity index (χ2v) is 20.2. The summed E-state index contributed by atoms with van der Waals surface area (Å²) in [6, 6.07) is 25.7. The van der Waals surface area contributed by atoms with Crippen LogP contribution in [0, 0.1) is 62.3 Å². The summed E-state index contributed by atoms with van der Waals surface area (Å²) in [5, 5.41) is 56.1. The number of pyridine rings is 6. The van der Waals surface area contributed by atoms with E-state index in [1.807, 2.05) is 159 Å². The Hall–Kier alpha value is -12.4. The Balaban J connectivity index is 0.000000111. The van der Waals surface area contributed by atoms with Gasteiger partial charge in [-0.2, -0.15) is 35.7 Å². The molecule has 0 unspecified atom stereocenters. The van der Waals surface area contributed by atoms with E-state index in [9.17, 15) is 0 Å². The minimum absolute atomic E-state index is 0.681. The number of hydrogen-bond donors (Lipinski definition) is 9. The highest BCUT2D eigenvalue weighted by Crippen LogP contribution is 2.18. The Morgan fingerprint density at radius 1 is 0.278 bits per heavy atom. The van der Waals surface area contributed by atoms with Crippen LogP contribution in [0.4, 0.5) is 0 Å². The molecule has 1 aromatic carbocycles. The lowest BCUT2D eigenvalue weighted by molar-refractivity contribution is 1.05. The molecule has 0 aliphatic rings. The van der Waals surface area contributed by atoms with Crippen molar-refractivity contribution in [1.82, 2.24) is 131 Å². The molecule has 17 heterocycles. The fourth-order valence-corrected chi connectivity index (χ4v) is 9.01. The Bertz CT molecular complexity index is 4410. The minimum atomic E-state index is 0.681. The van der Waals surface area contributed by atoms with Crippen LogP contribution < -0.4 is 0 Å². The van der Waals surface area contributed by atoms with E-state index in [2.05, 4.69) is 150 Å². The summed E-state index contributed by atoms with van der Waals surface area (Å²) >= 11 is 0. The van der Waals surface area contributed by atoms with E-state index in [4.69, 9.17) is 0 Å². The van der Waals surface area contributed by atoms with Crippen molar-refractivity contribution in [2.75, 3.05) is 0 Å². The predicted molar refractivity (Wildman–Crippen MR) is 350 cm³/mol. The maximum Gasteiger partial charge on any atom is 0.199 e. The van der Waals surface area contributed by atoms with Crippen LogP contribution in [-0.4, -0.2) is 131 Å². The van der Waals surface area contributed by atoms with Gasteiger partial charge in [0.05, 0.1) is 45.7 Å². The number of para-hydroxylation sites is 1. The van der Waals surface area contributed by atoms with E-state index in [1.165, 1.54) is 28.0 Å². The van der Waals surface area contributed by atoms with Gasteiger partial charge in [-0.05, 0) is 129 Å². The fourth-order valence-electron chi connectivity index (χ4n) is 9.01. The Kier molecular flexibility index (Phi) is 19.7. The van der Waals surface area contributed by atoms with Gasteiger partial charge in [0.25, 0.3) is 0 Å². The molecule has 0 saturated heterocycles. The predicted octanol–water partition coefficient (Wildman–Crippen LogP) is 12.0. The van der Waals surface area contributed by atoms with Crippen LogP contribution in [0.25, 0.3) is 98.8 Å². The summed E-state index contributed by atoms with van der Waals surface area (Å²) < 4.78 is 0. The van der Waals surface area contributed by atoms with Gasteiger partial charge < -0.3 is 9.97 Å². The van der Waals surface area contributed by atoms with Crippen molar-refractivity contribution in [3.63, 3.8) is 0 Å². The normalized spacial score (nSPS) is 10.5. The molecule has 17 aromatic heterocycles. The largest absolute Gasteiger partial charge is 0.361 e. The van der Waals surface area contributed by atoms with Crippen molar-refractivity contribution in [2.24, 2.45) is 0 Å². The number of hydrogen-bond acceptors (Lipinski definition) is 17. The Labute approximate surface area is 513 Å². The molecule has 0 bridgehead atoms. The first-order valence-electron chi connectivity index (χ1n) is 28.3. The van der Waals surface area contributed by atoms with Crippen molar-refractivity contribution >= 4 is 98.8 Å². The lowest BCUT2D eigenvalue weighted by Crippen LogP contribution is -1.78. The highest BCUT2D eigenvalue weighted by Gasteiger charge is 2.04. The van der Waals surface area contributed by atoms with E-state index in [0.717, 1.165) is 123 Å². The molecule has 0 radical (unpaired) electrons. The second-order valence-electron chi connectivity index (χ2n) is 20.2. The van der Waals surface area contributed by atoms with Gasteiger partial charge in [-0.3, -0.25) is 60.6 Å². The number of aromatic amines is 9. The van der Waals surface area contributed by atoms with E-state index in [0.29, 0.717) is 5.65 Å². The molecule has 26 heteroatoms. The molecule has 0 aliphatic heterocycles. The molecule has 0 fully saturated rings. The first kappa shape index (κ1) is 60.8. The van der Waals surface area contributed by atoms with Gasteiger partial charge in [-0.1, -0.05) is 18.2 Å². The molecule has 0 spiro atoms. The highest BCUT2D eigenvalue weighted by molar-refractivity contribution is 5.84. The van der Waals surface area contributed by atoms with Crippen molar-refractivity contribution < 1.29 is 0 Å². The molecule has 0 atom stereocenters. The van der Waals surface area contributed by atoms with Crippen molar-refractivity contribution in [3.8, 4) is 0 Å². The number of benzene rings is 1. The van der Waals surface area contributed by atoms with Gasteiger partial charge >= 0.3 is 0 Å². The van der Waals surface area contributed by atoms with E-state index >= 15 is 0 Å². The summed E-state index contributed by atoms with van der Waals surface area (Å²) in [6.45, 7) is 17.9. The molecule has 9 N–H and O–H groups in total. The zero-order chi connectivity index (χ0) is 62.8. The maximum atomic E-state index is 4.16. The van der Waals surface area contributed by atoms with Gasteiger partial charge in [-0.15, -0.1) is 0 Å². The van der Waals surface area contributed by atoms with Gasteiger partial charge in [0.15, 0.2) is 16.9 Å². The molecule has 0 aliphatic carbocycles. The Morgan fingerprint density at radius 3 is 1.53 bits per heavy atom. The molecular formula is C64H64N26. The van der Waals surface area contributed by atoms with Gasteiger partial charge in [0.1, 0.15) is 28.4 Å². The summed E-state index contributed by atoms with van der Waals surface area (Å²) in [7, 11) is 0. The number of aryl methyl sites for hydroxylation is 9. The van der Waals surface area contributed by atoms with Crippen LogP contribution >= 0.6 is 0 Å². The molecule has 90 heavy (non-hydrogen) atoms. The number of nitrogens with zero attached hydrogens (tertiary/aromatic N) is 17. The molecular weight excluding hydrogens is 1130 g/mol. The average molecular weight is 1200 g/mol. The van der Waals surface area contributed by atoms with Crippen LogP contribution in [-0.2, 0) is 0 Å². The molecule has 450 valence electrons. The molecule has 18 aromatic rings. The van der Waals surface area contributed by atoms with Gasteiger partial charge in [-0.25, -0.2) is 24.9 Å². The number of fused-ring (bicyclic) bond motifs is 9. The third-order valence-electron chi connectivity index (χ3n) is 13.9. The smallest absolute Gasteiger partial charge is 0.199 e. The monoisotopic (exact) mass is 1200 g/mol. The number of rotatable bonds is 0. The van der Waals surface area contributed by atoms with Gasteiger partial charge in [0, 0.05) is 146 Å². The SMILES string of the molecule is Cc1[nH]nc2ccccc12.Cc1[nH]nc2cccnc12.Cc1[nH]nc2ccncc12.Cc1[nH]nc2cnccc12.Cc1[nH]nc2ncccc12.Cc1[nH]nc2nccnc12.Cc1[nH]nc2ncncc12.Cc1cncc2[nH]ccc12.Cc1nccc2[nH]ccc12. The van der Waals surface area contributed by atoms with Crippen LogP contribution in [0.5, 0.6) is 0 Å². The quantitative estimate of drug-likeness (QED) is 0.0681. The average Bonchev–Trinajstić information content (AvgIpc) is 4.64. The van der Waals surface area contributed by atoms with Crippen molar-refractivity contribution in [1.29, 1.82) is 0 Å². The summed E-state index contributed by atoms with van der Waals surface area (Å²) in [6.07, 6.45) is 26.5. The van der Waals surface area contributed by atoms with E-state index < -0.39 is 0 Å². The third-order valence-corrected chi connectivity index (χ3v) is 13.9. The summed E-state index contributed by atoms with van der Waals surface area (Å²) in [4.78, 5) is 46.5. The zero-order valence-electron chi connectivity index (χ0n) is 50.8. The molecule has 0 amide bonds. The molecule has 0 saturated carbocycles. The minimum Gasteiger partial charge on any atom is -0.361 e. The topological polar surface area (TPSA) is 361 Å². The van der Waals surface area contributed by atoms with Crippen LogP contribution in [0.1, 0.15) is 51.1 Å². The van der Waals surface area contributed by atoms with Crippen LogP contribution in [0.15, 0.2) is 172 Å². The number of aromatic nitrogens is 26. The Morgan fingerprint density at radius 2 is 0.811 bits per heavy atom. The van der Waals surface area contributed by atoms with Crippen molar-refractivity contribution in [3.05, 3.63) is 223 Å². The third kappa shape index (κ3) is 15.0. The first-order valence-corrected chi connectivity index (χ1v) is 28.3. The van der Waals surface area contributed by atoms with Crippen LogP contribution in [0.3, 0.4) is 0 Å². The number of nitrogens with one attached hydrogen (secondary N) is 9. The molecule has 26 nitrogen and oxygen atoms in total. The maximum absolute atomic E-state index is 4.16. The second kappa shape index (κ2) is 29.2. The lowest BCUT2D eigenvalue weighted by Gasteiger charge is -1.91. The molecule has 18 rings (SSSR count).